The van der Waals surface area contributed by atoms with Crippen LogP contribution in [0, 0.1) is 6.92 Å². The zero-order valence-corrected chi connectivity index (χ0v) is 12.9. The molecule has 1 amide bonds. The summed E-state index contributed by atoms with van der Waals surface area (Å²) in [6, 6.07) is 7.09. The number of ether oxygens (including phenoxy) is 1. The number of aryl methyl sites for hydroxylation is 1. The van der Waals surface area contributed by atoms with Crippen LogP contribution in [0.3, 0.4) is 0 Å². The van der Waals surface area contributed by atoms with E-state index < -0.39 is 0 Å². The Balaban J connectivity index is 2.13. The van der Waals surface area contributed by atoms with Gasteiger partial charge in [-0.25, -0.2) is 0 Å². The molecule has 1 N–H and O–H groups in total. The quantitative estimate of drug-likeness (QED) is 0.920. The molecular weight excluding hydrogens is 292 g/mol. The molecule has 0 spiro atoms. The van der Waals surface area contributed by atoms with Crippen LogP contribution < -0.4 is 10.1 Å². The third kappa shape index (κ3) is 3.98. The van der Waals surface area contributed by atoms with Gasteiger partial charge < -0.3 is 14.6 Å². The van der Waals surface area contributed by atoms with Crippen molar-refractivity contribution >= 4 is 17.5 Å². The number of hydrogen-bond acceptors (Lipinski definition) is 4. The van der Waals surface area contributed by atoms with Gasteiger partial charge in [-0.1, -0.05) is 22.8 Å². The maximum Gasteiger partial charge on any atom is 0.274 e. The molecule has 0 aliphatic rings. The van der Waals surface area contributed by atoms with Crippen LogP contribution in [0.4, 0.5) is 0 Å². The number of halogens is 1. The molecule has 0 radical (unpaired) electrons. The number of benzene rings is 1. The Labute approximate surface area is 128 Å². The fourth-order valence-electron chi connectivity index (χ4n) is 1.78. The van der Waals surface area contributed by atoms with Gasteiger partial charge >= 0.3 is 0 Å². The van der Waals surface area contributed by atoms with Crippen molar-refractivity contribution < 1.29 is 14.1 Å². The third-order valence-electron chi connectivity index (χ3n) is 2.80. The van der Waals surface area contributed by atoms with E-state index in [4.69, 9.17) is 20.9 Å². The van der Waals surface area contributed by atoms with E-state index in [1.165, 1.54) is 0 Å². The van der Waals surface area contributed by atoms with Crippen LogP contribution >= 0.6 is 11.6 Å². The Morgan fingerprint density at radius 1 is 1.48 bits per heavy atom. The molecule has 0 bridgehead atoms. The molecule has 5 nitrogen and oxygen atoms in total. The molecule has 0 saturated heterocycles. The van der Waals surface area contributed by atoms with E-state index in [-0.39, 0.29) is 24.2 Å². The summed E-state index contributed by atoms with van der Waals surface area (Å²) >= 11 is 5.90. The third-order valence-corrected chi connectivity index (χ3v) is 3.03. The van der Waals surface area contributed by atoms with Gasteiger partial charge in [0.15, 0.2) is 5.69 Å². The summed E-state index contributed by atoms with van der Waals surface area (Å²) in [7, 11) is 0. The van der Waals surface area contributed by atoms with E-state index in [0.717, 1.165) is 0 Å². The monoisotopic (exact) mass is 308 g/mol. The highest BCUT2D eigenvalue weighted by atomic mass is 35.5. The predicted molar refractivity (Wildman–Crippen MR) is 79.6 cm³/mol. The first-order valence-electron chi connectivity index (χ1n) is 6.61. The summed E-state index contributed by atoms with van der Waals surface area (Å²) in [6.45, 7) is 5.70. The zero-order valence-electron chi connectivity index (χ0n) is 12.1. The lowest BCUT2D eigenvalue weighted by atomic mass is 10.2. The van der Waals surface area contributed by atoms with Crippen LogP contribution in [0.1, 0.15) is 35.7 Å². The Bertz CT molecular complexity index is 638. The van der Waals surface area contributed by atoms with Crippen molar-refractivity contribution in [3.8, 4) is 5.75 Å². The number of hydrogen-bond donors (Lipinski definition) is 1. The zero-order chi connectivity index (χ0) is 15.4. The number of rotatable bonds is 5. The fraction of sp³-hybridized carbons (Fsp3) is 0.333. The van der Waals surface area contributed by atoms with Crippen molar-refractivity contribution in [3.05, 3.63) is 46.3 Å². The topological polar surface area (TPSA) is 64.4 Å². The van der Waals surface area contributed by atoms with Crippen molar-refractivity contribution in [1.82, 2.24) is 10.5 Å². The smallest absolute Gasteiger partial charge is 0.274 e. The maximum absolute atomic E-state index is 12.0. The summed E-state index contributed by atoms with van der Waals surface area (Å²) in [5, 5.41) is 7.18. The molecule has 0 unspecified atom stereocenters. The number of nitrogens with zero attached hydrogens (tertiary/aromatic N) is 1. The molecule has 112 valence electrons. The number of aromatic nitrogens is 1. The minimum absolute atomic E-state index is 0.0243. The number of amides is 1. The van der Waals surface area contributed by atoms with E-state index in [9.17, 15) is 4.79 Å². The van der Waals surface area contributed by atoms with Gasteiger partial charge in [0.1, 0.15) is 18.1 Å². The van der Waals surface area contributed by atoms with E-state index in [1.54, 1.807) is 31.2 Å². The molecule has 0 aliphatic heterocycles. The molecule has 2 aromatic rings. The van der Waals surface area contributed by atoms with Gasteiger partial charge in [-0.2, -0.15) is 0 Å². The van der Waals surface area contributed by atoms with Crippen molar-refractivity contribution in [2.75, 3.05) is 0 Å². The first-order valence-corrected chi connectivity index (χ1v) is 6.99. The van der Waals surface area contributed by atoms with Crippen LogP contribution in [0.15, 0.2) is 28.8 Å². The number of carbonyl (C=O) groups is 1. The minimum atomic E-state index is -0.272. The highest BCUT2D eigenvalue weighted by Gasteiger charge is 2.20. The van der Waals surface area contributed by atoms with Gasteiger partial charge in [0.25, 0.3) is 5.91 Å². The average Bonchev–Trinajstić information content (AvgIpc) is 2.77. The van der Waals surface area contributed by atoms with Gasteiger partial charge in [0.05, 0.1) is 5.56 Å². The lowest BCUT2D eigenvalue weighted by Gasteiger charge is -2.09. The second-order valence-corrected chi connectivity index (χ2v) is 5.38. The van der Waals surface area contributed by atoms with Crippen molar-refractivity contribution in [3.63, 3.8) is 0 Å². The van der Waals surface area contributed by atoms with Crippen molar-refractivity contribution in [2.24, 2.45) is 0 Å². The van der Waals surface area contributed by atoms with Gasteiger partial charge in [-0.3, -0.25) is 4.79 Å². The van der Waals surface area contributed by atoms with Crippen LogP contribution in [-0.4, -0.2) is 17.1 Å². The lowest BCUT2D eigenvalue weighted by molar-refractivity contribution is 0.0932. The fourth-order valence-corrected chi connectivity index (χ4v) is 1.96. The van der Waals surface area contributed by atoms with Crippen molar-refractivity contribution in [1.29, 1.82) is 0 Å². The summed E-state index contributed by atoms with van der Waals surface area (Å²) in [4.78, 5) is 12.0. The largest absolute Gasteiger partial charge is 0.489 e. The number of carbonyl (C=O) groups excluding carboxylic acids is 1. The molecule has 0 fully saturated rings. The van der Waals surface area contributed by atoms with Crippen LogP contribution in [0.25, 0.3) is 0 Å². The summed E-state index contributed by atoms with van der Waals surface area (Å²) < 4.78 is 10.7. The molecule has 0 saturated carbocycles. The van der Waals surface area contributed by atoms with Gasteiger partial charge in [-0.05, 0) is 39.0 Å². The minimum Gasteiger partial charge on any atom is -0.489 e. The molecule has 1 aromatic carbocycles. The molecule has 1 heterocycles. The van der Waals surface area contributed by atoms with E-state index in [0.29, 0.717) is 22.1 Å². The SMILES string of the molecule is Cc1onc(C(=O)NC(C)C)c1COc1cccc(Cl)c1. The Morgan fingerprint density at radius 2 is 2.24 bits per heavy atom. The molecule has 0 aliphatic carbocycles. The second-order valence-electron chi connectivity index (χ2n) is 4.94. The molecule has 6 heteroatoms. The van der Waals surface area contributed by atoms with E-state index in [1.807, 2.05) is 13.8 Å². The Morgan fingerprint density at radius 3 is 2.90 bits per heavy atom. The van der Waals surface area contributed by atoms with Crippen molar-refractivity contribution in [2.45, 2.75) is 33.4 Å². The standard InChI is InChI=1S/C15H17ClN2O3/c1-9(2)17-15(19)14-13(10(3)21-18-14)8-20-12-6-4-5-11(16)7-12/h4-7,9H,8H2,1-3H3,(H,17,19). The maximum atomic E-state index is 12.0. The summed E-state index contributed by atoms with van der Waals surface area (Å²) in [6.07, 6.45) is 0. The first kappa shape index (κ1) is 15.4. The van der Waals surface area contributed by atoms with Gasteiger partial charge in [0, 0.05) is 11.1 Å². The predicted octanol–water partition coefficient (Wildman–Crippen LogP) is 3.35. The summed E-state index contributed by atoms with van der Waals surface area (Å²) in [5.74, 6) is 0.913. The lowest BCUT2D eigenvalue weighted by Crippen LogP contribution is -2.31. The molecule has 21 heavy (non-hydrogen) atoms. The molecule has 2 rings (SSSR count). The normalized spacial score (nSPS) is 10.7. The van der Waals surface area contributed by atoms with Crippen LogP contribution in [0.2, 0.25) is 5.02 Å². The average molecular weight is 309 g/mol. The highest BCUT2D eigenvalue weighted by molar-refractivity contribution is 6.30. The Hall–Kier alpha value is -2.01. The molecule has 1 aromatic heterocycles. The molecule has 0 atom stereocenters. The van der Waals surface area contributed by atoms with Gasteiger partial charge in [0.2, 0.25) is 0 Å². The van der Waals surface area contributed by atoms with E-state index >= 15 is 0 Å². The van der Waals surface area contributed by atoms with E-state index in [2.05, 4.69) is 10.5 Å². The summed E-state index contributed by atoms with van der Waals surface area (Å²) in [5.41, 5.74) is 0.886. The van der Waals surface area contributed by atoms with Crippen LogP contribution in [-0.2, 0) is 6.61 Å². The molecular formula is C15H17ClN2O3. The number of nitrogens with one attached hydrogen (secondary N) is 1. The van der Waals surface area contributed by atoms with Gasteiger partial charge in [-0.15, -0.1) is 0 Å². The highest BCUT2D eigenvalue weighted by Crippen LogP contribution is 2.20. The first-order chi connectivity index (χ1) is 9.97. The Kier molecular flexibility index (Phi) is 4.85. The van der Waals surface area contributed by atoms with Crippen LogP contribution in [0.5, 0.6) is 5.75 Å². The second kappa shape index (κ2) is 6.63.